The van der Waals surface area contributed by atoms with E-state index in [1.165, 1.54) is 0 Å². The summed E-state index contributed by atoms with van der Waals surface area (Å²) in [5.74, 6) is 1.21. The molecule has 0 saturated carbocycles. The van der Waals surface area contributed by atoms with Gasteiger partial charge in [-0.1, -0.05) is 45.6 Å². The van der Waals surface area contributed by atoms with Crippen molar-refractivity contribution in [1.82, 2.24) is 14.5 Å². The monoisotopic (exact) mass is 309 g/mol. The number of hydrogen-bond acceptors (Lipinski definition) is 4. The van der Waals surface area contributed by atoms with Gasteiger partial charge in [0.05, 0.1) is 0 Å². The first-order valence-corrected chi connectivity index (χ1v) is 10.9. The van der Waals surface area contributed by atoms with E-state index in [0.29, 0.717) is 18.4 Å². The summed E-state index contributed by atoms with van der Waals surface area (Å²) < 4.78 is 2.18. The number of thioether (sulfide) groups is 1. The molecule has 4 nitrogen and oxygen atoms in total. The molecule has 2 heterocycles. The van der Waals surface area contributed by atoms with Gasteiger partial charge in [-0.05, 0) is 11.1 Å². The van der Waals surface area contributed by atoms with E-state index in [1.54, 1.807) is 24.2 Å². The summed E-state index contributed by atoms with van der Waals surface area (Å²) in [6.07, 6.45) is 4.19. The minimum atomic E-state index is -1.76. The molecular weight excluding hydrogens is 286 g/mol. The van der Waals surface area contributed by atoms with Crippen LogP contribution in [0.1, 0.15) is 27.2 Å². The van der Waals surface area contributed by atoms with Gasteiger partial charge in [0.15, 0.2) is 13.4 Å². The van der Waals surface area contributed by atoms with E-state index in [9.17, 15) is 4.79 Å². The highest BCUT2D eigenvalue weighted by atomic mass is 32.2. The summed E-state index contributed by atoms with van der Waals surface area (Å²) in [4.78, 5) is 20.5. The third kappa shape index (κ3) is 2.91. The number of β-lactam (4-membered cyclic amide) rings is 1. The summed E-state index contributed by atoms with van der Waals surface area (Å²) in [7, 11) is -1.76. The SMILES string of the molecule is CC(C)(C)[Si](C)(C)N1C(=O)CC1CSc1ncccn1. The zero-order valence-electron chi connectivity index (χ0n) is 12.9. The minimum Gasteiger partial charge on any atom is -0.365 e. The molecule has 0 N–H and O–H groups in total. The molecule has 1 aliphatic rings. The molecule has 1 amide bonds. The van der Waals surface area contributed by atoms with Crippen LogP contribution in [0.15, 0.2) is 23.6 Å². The normalized spacial score (nSPS) is 19.9. The van der Waals surface area contributed by atoms with Crippen molar-refractivity contribution >= 4 is 25.9 Å². The first-order valence-electron chi connectivity index (χ1n) is 6.95. The van der Waals surface area contributed by atoms with Crippen molar-refractivity contribution in [3.8, 4) is 0 Å². The molecule has 2 rings (SSSR count). The maximum absolute atomic E-state index is 12.1. The van der Waals surface area contributed by atoms with Crippen LogP contribution in [-0.4, -0.2) is 40.5 Å². The summed E-state index contributed by atoms with van der Waals surface area (Å²) in [6.45, 7) is 11.3. The predicted octanol–water partition coefficient (Wildman–Crippen LogP) is 3.17. The lowest BCUT2D eigenvalue weighted by molar-refractivity contribution is -0.138. The van der Waals surface area contributed by atoms with Crippen molar-refractivity contribution in [3.63, 3.8) is 0 Å². The van der Waals surface area contributed by atoms with Crippen LogP contribution >= 0.6 is 11.8 Å². The van der Waals surface area contributed by atoms with Crippen molar-refractivity contribution in [1.29, 1.82) is 0 Å². The average Bonchev–Trinajstić information content (AvgIpc) is 2.33. The molecule has 0 radical (unpaired) electrons. The maximum atomic E-state index is 12.1. The van der Waals surface area contributed by atoms with E-state index >= 15 is 0 Å². The minimum absolute atomic E-state index is 0.190. The molecule has 1 atom stereocenters. The van der Waals surface area contributed by atoms with E-state index < -0.39 is 8.24 Å². The zero-order chi connectivity index (χ0) is 15.0. The number of nitrogens with zero attached hydrogens (tertiary/aromatic N) is 3. The second-order valence-electron chi connectivity index (χ2n) is 6.77. The molecule has 1 aliphatic heterocycles. The number of amides is 1. The molecule has 1 aromatic heterocycles. The van der Waals surface area contributed by atoms with Crippen molar-refractivity contribution in [3.05, 3.63) is 18.5 Å². The third-order valence-corrected chi connectivity index (χ3v) is 10.9. The standard InChI is InChI=1S/C14H23N3OSSi/c1-14(2,3)20(4,5)17-11(9-12(17)18)10-19-13-15-7-6-8-16-13/h6-8,11H,9-10H2,1-5H3. The van der Waals surface area contributed by atoms with Gasteiger partial charge in [0.25, 0.3) is 0 Å². The van der Waals surface area contributed by atoms with Gasteiger partial charge in [0.1, 0.15) is 0 Å². The summed E-state index contributed by atoms with van der Waals surface area (Å²) in [6, 6.07) is 2.16. The molecule has 1 saturated heterocycles. The van der Waals surface area contributed by atoms with Gasteiger partial charge in [-0.25, -0.2) is 9.97 Å². The molecule has 110 valence electrons. The lowest BCUT2D eigenvalue weighted by Crippen LogP contribution is -2.68. The number of carbonyl (C=O) groups excluding carboxylic acids is 1. The van der Waals surface area contributed by atoms with Crippen molar-refractivity contribution in [2.75, 3.05) is 5.75 Å². The molecule has 0 spiro atoms. The van der Waals surface area contributed by atoms with Gasteiger partial charge in [-0.3, -0.25) is 4.79 Å². The number of aromatic nitrogens is 2. The summed E-state index contributed by atoms with van der Waals surface area (Å²) in [5.41, 5.74) is 0. The molecule has 1 unspecified atom stereocenters. The topological polar surface area (TPSA) is 46.1 Å². The van der Waals surface area contributed by atoms with Gasteiger partial charge >= 0.3 is 0 Å². The van der Waals surface area contributed by atoms with Crippen LogP contribution in [0.25, 0.3) is 0 Å². The Morgan fingerprint density at radius 3 is 2.45 bits per heavy atom. The number of hydrogen-bond donors (Lipinski definition) is 0. The van der Waals surface area contributed by atoms with Crippen molar-refractivity contribution < 1.29 is 4.79 Å². The Kier molecular flexibility index (Phi) is 4.25. The quantitative estimate of drug-likeness (QED) is 0.371. The van der Waals surface area contributed by atoms with E-state index in [0.717, 1.165) is 10.9 Å². The van der Waals surface area contributed by atoms with Gasteiger partial charge in [-0.2, -0.15) is 0 Å². The summed E-state index contributed by atoms with van der Waals surface area (Å²) >= 11 is 1.64. The Labute approximate surface area is 126 Å². The molecular formula is C14H23N3OSSi. The smallest absolute Gasteiger partial charge is 0.217 e. The predicted molar refractivity (Wildman–Crippen MR) is 85.2 cm³/mol. The highest BCUT2D eigenvalue weighted by molar-refractivity contribution is 7.99. The molecule has 1 aromatic rings. The van der Waals surface area contributed by atoms with E-state index in [-0.39, 0.29) is 5.04 Å². The van der Waals surface area contributed by atoms with E-state index in [1.807, 2.05) is 6.07 Å². The second kappa shape index (κ2) is 5.48. The fraction of sp³-hybridized carbons (Fsp3) is 0.643. The Morgan fingerprint density at radius 2 is 1.95 bits per heavy atom. The molecule has 0 bridgehead atoms. The van der Waals surface area contributed by atoms with Crippen LogP contribution in [0.5, 0.6) is 0 Å². The Hall–Kier alpha value is -0.883. The third-order valence-electron chi connectivity index (χ3n) is 4.43. The largest absolute Gasteiger partial charge is 0.365 e. The first-order chi connectivity index (χ1) is 9.23. The first kappa shape index (κ1) is 15.5. The van der Waals surface area contributed by atoms with Crippen LogP contribution in [-0.2, 0) is 4.79 Å². The molecule has 6 heteroatoms. The highest BCUT2D eigenvalue weighted by Gasteiger charge is 2.51. The molecule has 20 heavy (non-hydrogen) atoms. The Morgan fingerprint density at radius 1 is 1.35 bits per heavy atom. The van der Waals surface area contributed by atoms with Gasteiger partial charge < -0.3 is 4.57 Å². The number of rotatable bonds is 4. The van der Waals surface area contributed by atoms with Gasteiger partial charge in [0, 0.05) is 30.6 Å². The van der Waals surface area contributed by atoms with Crippen LogP contribution in [0.2, 0.25) is 18.1 Å². The fourth-order valence-corrected chi connectivity index (χ4v) is 5.82. The Bertz CT molecular complexity index is 487. The fourth-order valence-electron chi connectivity index (χ4n) is 2.28. The van der Waals surface area contributed by atoms with E-state index in [2.05, 4.69) is 48.4 Å². The molecule has 1 fully saturated rings. The Balaban J connectivity index is 2.02. The highest BCUT2D eigenvalue weighted by Crippen LogP contribution is 2.43. The summed E-state index contributed by atoms with van der Waals surface area (Å²) in [5, 5.41) is 0.983. The zero-order valence-corrected chi connectivity index (χ0v) is 14.7. The molecule has 0 aliphatic carbocycles. The van der Waals surface area contributed by atoms with E-state index in [4.69, 9.17) is 0 Å². The lowest BCUT2D eigenvalue weighted by Gasteiger charge is -2.54. The van der Waals surface area contributed by atoms with Crippen LogP contribution in [0.3, 0.4) is 0 Å². The number of carbonyl (C=O) groups is 1. The lowest BCUT2D eigenvalue weighted by atomic mass is 10.1. The van der Waals surface area contributed by atoms with Crippen LogP contribution < -0.4 is 0 Å². The second-order valence-corrected chi connectivity index (χ2v) is 12.9. The molecule has 0 aromatic carbocycles. The van der Waals surface area contributed by atoms with Crippen molar-refractivity contribution in [2.45, 2.75) is 56.5 Å². The maximum Gasteiger partial charge on any atom is 0.217 e. The van der Waals surface area contributed by atoms with Gasteiger partial charge in [-0.15, -0.1) is 0 Å². The van der Waals surface area contributed by atoms with Crippen LogP contribution in [0, 0.1) is 0 Å². The van der Waals surface area contributed by atoms with Crippen LogP contribution in [0.4, 0.5) is 0 Å². The van der Waals surface area contributed by atoms with Gasteiger partial charge in [0.2, 0.25) is 5.91 Å². The average molecular weight is 310 g/mol. The van der Waals surface area contributed by atoms with Crippen molar-refractivity contribution in [2.24, 2.45) is 0 Å².